The third kappa shape index (κ3) is 4.50. The smallest absolute Gasteiger partial charge is 0.223 e. The highest BCUT2D eigenvalue weighted by molar-refractivity contribution is 7.22. The fraction of sp³-hybridized carbons (Fsp3) is 0.208. The summed E-state index contributed by atoms with van der Waals surface area (Å²) in [5.41, 5.74) is 3.60. The Kier molecular flexibility index (Phi) is 6.24. The van der Waals surface area contributed by atoms with Crippen molar-refractivity contribution in [3.05, 3.63) is 72.7 Å². The van der Waals surface area contributed by atoms with Crippen molar-refractivity contribution in [3.8, 4) is 21.7 Å². The van der Waals surface area contributed by atoms with Crippen LogP contribution in [0.15, 0.2) is 61.2 Å². The molecule has 1 atom stereocenters. The number of nitrogens with one attached hydrogen (secondary N) is 2. The molecule has 0 saturated carbocycles. The van der Waals surface area contributed by atoms with E-state index in [0.29, 0.717) is 19.0 Å². The Morgan fingerprint density at radius 1 is 1.12 bits per heavy atom. The number of pyridine rings is 1. The molecule has 10 heteroatoms. The largest absolute Gasteiger partial charge is 0.352 e. The van der Waals surface area contributed by atoms with Gasteiger partial charge in [-0.2, -0.15) is 4.39 Å². The van der Waals surface area contributed by atoms with Gasteiger partial charge in [-0.25, -0.2) is 15.0 Å². The average Bonchev–Trinajstić information content (AvgIpc) is 3.53. The van der Waals surface area contributed by atoms with Gasteiger partial charge in [0.15, 0.2) is 0 Å². The highest BCUT2D eigenvalue weighted by Gasteiger charge is 2.17. The number of hydrogen-bond acceptors (Lipinski definition) is 8. The van der Waals surface area contributed by atoms with Crippen LogP contribution in [0.5, 0.6) is 0 Å². The zero-order valence-corrected chi connectivity index (χ0v) is 19.6. The quantitative estimate of drug-likeness (QED) is 0.319. The molecule has 1 aromatic carbocycles. The summed E-state index contributed by atoms with van der Waals surface area (Å²) in [7, 11) is 1.88. The van der Waals surface area contributed by atoms with Gasteiger partial charge < -0.3 is 10.6 Å². The van der Waals surface area contributed by atoms with E-state index in [0.717, 1.165) is 37.3 Å². The summed E-state index contributed by atoms with van der Waals surface area (Å²) < 4.78 is 17.0. The van der Waals surface area contributed by atoms with Crippen LogP contribution in [0.2, 0.25) is 0 Å². The lowest BCUT2D eigenvalue weighted by molar-refractivity contribution is 0.577. The molecule has 4 aromatic heterocycles. The van der Waals surface area contributed by atoms with Gasteiger partial charge in [0, 0.05) is 47.5 Å². The first-order chi connectivity index (χ1) is 16.6. The number of rotatable bonds is 8. The number of halogens is 1. The van der Waals surface area contributed by atoms with Crippen molar-refractivity contribution in [2.45, 2.75) is 19.5 Å². The van der Waals surface area contributed by atoms with E-state index in [-0.39, 0.29) is 6.04 Å². The summed E-state index contributed by atoms with van der Waals surface area (Å²) in [5, 5.41) is 15.3. The number of benzene rings is 1. The standard InChI is InChI=1S/C24H23FN8S/c1-15(26-2)19-14-29-22(25)13-18(19)17-5-3-4-16-12-21(34-23(16)17)20-6-7-27-24(31-20)28-8-10-33-11-9-30-32-33/h3-7,9,11-15,26H,8,10H2,1-2H3,(H,27,28,31)/t15-/m0/s1. The molecule has 0 unspecified atom stereocenters. The van der Waals surface area contributed by atoms with E-state index in [1.165, 1.54) is 6.07 Å². The fourth-order valence-corrected chi connectivity index (χ4v) is 4.95. The van der Waals surface area contributed by atoms with Crippen LogP contribution in [0.1, 0.15) is 18.5 Å². The lowest BCUT2D eigenvalue weighted by Crippen LogP contribution is -2.14. The molecule has 0 saturated heterocycles. The SMILES string of the molecule is CN[C@@H](C)c1cnc(F)cc1-c1cccc2cc(-c3ccnc(NCCn4ccnn4)n3)sc12. The van der Waals surface area contributed by atoms with Crippen LogP contribution in [0.4, 0.5) is 10.3 Å². The van der Waals surface area contributed by atoms with E-state index in [1.807, 2.05) is 38.4 Å². The first-order valence-electron chi connectivity index (χ1n) is 10.9. The Morgan fingerprint density at radius 2 is 2.03 bits per heavy atom. The van der Waals surface area contributed by atoms with Crippen molar-refractivity contribution in [3.63, 3.8) is 0 Å². The second kappa shape index (κ2) is 9.62. The van der Waals surface area contributed by atoms with Crippen LogP contribution in [-0.4, -0.2) is 43.5 Å². The zero-order chi connectivity index (χ0) is 23.5. The van der Waals surface area contributed by atoms with E-state index in [2.05, 4.69) is 43.0 Å². The minimum absolute atomic E-state index is 0.0332. The van der Waals surface area contributed by atoms with Gasteiger partial charge in [0.25, 0.3) is 0 Å². The average molecular weight is 475 g/mol. The van der Waals surface area contributed by atoms with E-state index in [9.17, 15) is 4.39 Å². The summed E-state index contributed by atoms with van der Waals surface area (Å²) in [5.74, 6) is 0.0601. The van der Waals surface area contributed by atoms with Gasteiger partial charge in [-0.05, 0) is 42.6 Å². The highest BCUT2D eigenvalue weighted by Crippen LogP contribution is 2.40. The van der Waals surface area contributed by atoms with Crippen LogP contribution in [0, 0.1) is 5.95 Å². The summed E-state index contributed by atoms with van der Waals surface area (Å²) in [4.78, 5) is 13.9. The van der Waals surface area contributed by atoms with E-state index >= 15 is 0 Å². The van der Waals surface area contributed by atoms with Crippen molar-refractivity contribution < 1.29 is 4.39 Å². The molecule has 0 aliphatic carbocycles. The molecule has 172 valence electrons. The Morgan fingerprint density at radius 3 is 2.85 bits per heavy atom. The van der Waals surface area contributed by atoms with Gasteiger partial charge in [-0.3, -0.25) is 4.68 Å². The van der Waals surface area contributed by atoms with Gasteiger partial charge in [-0.1, -0.05) is 23.4 Å². The molecule has 8 nitrogen and oxygen atoms in total. The first kappa shape index (κ1) is 22.1. The molecule has 5 rings (SSSR count). The molecule has 0 fully saturated rings. The summed E-state index contributed by atoms with van der Waals surface area (Å²) in [6.45, 7) is 3.33. The molecule has 2 N–H and O–H groups in total. The maximum atomic E-state index is 14.1. The Bertz CT molecular complexity index is 1420. The number of aromatic nitrogens is 6. The third-order valence-electron chi connectivity index (χ3n) is 5.64. The number of thiophene rings is 1. The normalized spacial score (nSPS) is 12.2. The van der Waals surface area contributed by atoms with Crippen LogP contribution in [-0.2, 0) is 6.54 Å². The lowest BCUT2D eigenvalue weighted by Gasteiger charge is -2.16. The molecule has 0 amide bonds. The third-order valence-corrected chi connectivity index (χ3v) is 6.85. The molecule has 34 heavy (non-hydrogen) atoms. The molecule has 0 aliphatic rings. The monoisotopic (exact) mass is 474 g/mol. The first-order valence-corrected chi connectivity index (χ1v) is 11.7. The number of anilines is 1. The Hall–Kier alpha value is -3.76. The zero-order valence-electron chi connectivity index (χ0n) is 18.7. The second-order valence-corrected chi connectivity index (χ2v) is 8.85. The molecule has 5 aromatic rings. The van der Waals surface area contributed by atoms with Crippen molar-refractivity contribution >= 4 is 27.4 Å². The molecule has 0 bridgehead atoms. The van der Waals surface area contributed by atoms with Crippen LogP contribution >= 0.6 is 11.3 Å². The van der Waals surface area contributed by atoms with Crippen molar-refractivity contribution in [2.24, 2.45) is 0 Å². The molecule has 0 spiro atoms. The number of hydrogen-bond donors (Lipinski definition) is 2. The predicted molar refractivity (Wildman–Crippen MR) is 132 cm³/mol. The van der Waals surface area contributed by atoms with E-state index in [4.69, 9.17) is 4.98 Å². The molecule has 0 radical (unpaired) electrons. The topological polar surface area (TPSA) is 93.4 Å². The number of nitrogens with zero attached hydrogens (tertiary/aromatic N) is 6. The minimum Gasteiger partial charge on any atom is -0.352 e. The van der Waals surface area contributed by atoms with Crippen molar-refractivity contribution in [1.29, 1.82) is 0 Å². The molecular formula is C24H23FN8S. The van der Waals surface area contributed by atoms with Crippen LogP contribution in [0.3, 0.4) is 0 Å². The van der Waals surface area contributed by atoms with Crippen LogP contribution in [0.25, 0.3) is 31.8 Å². The van der Waals surface area contributed by atoms with E-state index < -0.39 is 5.95 Å². The highest BCUT2D eigenvalue weighted by atomic mass is 32.1. The van der Waals surface area contributed by atoms with Crippen molar-refractivity contribution in [1.82, 2.24) is 35.3 Å². The minimum atomic E-state index is -0.492. The molecular weight excluding hydrogens is 451 g/mol. The Balaban J connectivity index is 1.47. The van der Waals surface area contributed by atoms with Gasteiger partial charge >= 0.3 is 0 Å². The fourth-order valence-electron chi connectivity index (χ4n) is 3.79. The Labute approximate surface area is 199 Å². The van der Waals surface area contributed by atoms with Crippen LogP contribution < -0.4 is 10.6 Å². The van der Waals surface area contributed by atoms with Gasteiger partial charge in [0.1, 0.15) is 0 Å². The number of fused-ring (bicyclic) bond motifs is 1. The van der Waals surface area contributed by atoms with E-state index in [1.54, 1.807) is 34.6 Å². The summed E-state index contributed by atoms with van der Waals surface area (Å²) >= 11 is 1.63. The summed E-state index contributed by atoms with van der Waals surface area (Å²) in [6, 6.07) is 11.6. The maximum absolute atomic E-state index is 14.1. The maximum Gasteiger partial charge on any atom is 0.223 e. The lowest BCUT2D eigenvalue weighted by atomic mass is 9.97. The summed E-state index contributed by atoms with van der Waals surface area (Å²) in [6.07, 6.45) is 6.82. The predicted octanol–water partition coefficient (Wildman–Crippen LogP) is 4.54. The van der Waals surface area contributed by atoms with Gasteiger partial charge in [-0.15, -0.1) is 16.4 Å². The molecule has 0 aliphatic heterocycles. The second-order valence-electron chi connectivity index (χ2n) is 7.80. The van der Waals surface area contributed by atoms with Crippen molar-refractivity contribution in [2.75, 3.05) is 18.9 Å². The van der Waals surface area contributed by atoms with Gasteiger partial charge in [0.05, 0.1) is 23.3 Å². The molecule has 4 heterocycles. The van der Waals surface area contributed by atoms with Gasteiger partial charge in [0.2, 0.25) is 11.9 Å².